The number of carbonyl (C=O) groups is 2. The standard InChI is InChI=1S/C25H33N3O5S/c1-17(34(31,32)18-10-14-33-15-11-18)23(29)27-21-8-9-22(20-7-3-2-6-19(20)21)28-24(30)25(16-26)12-4-5-13-25/h2-3,6-7,17-18,21-22H,4-5,8-15H2,1H3,(H,27,29)(H,28,30). The third kappa shape index (κ3) is 4.71. The summed E-state index contributed by atoms with van der Waals surface area (Å²) in [4.78, 5) is 26.0. The maximum Gasteiger partial charge on any atom is 0.240 e. The third-order valence-electron chi connectivity index (χ3n) is 7.71. The Morgan fingerprint density at radius 3 is 2.15 bits per heavy atom. The second-order valence-electron chi connectivity index (χ2n) is 9.74. The maximum atomic E-state index is 13.0. The van der Waals surface area contributed by atoms with Crippen molar-refractivity contribution >= 4 is 21.7 Å². The smallest absolute Gasteiger partial charge is 0.240 e. The number of benzene rings is 1. The van der Waals surface area contributed by atoms with Gasteiger partial charge in [-0.1, -0.05) is 37.1 Å². The molecule has 1 aromatic carbocycles. The van der Waals surface area contributed by atoms with Crippen molar-refractivity contribution in [2.75, 3.05) is 13.2 Å². The number of ether oxygens (including phenoxy) is 1. The van der Waals surface area contributed by atoms with Crippen molar-refractivity contribution < 1.29 is 22.7 Å². The van der Waals surface area contributed by atoms with Crippen molar-refractivity contribution in [1.29, 1.82) is 5.26 Å². The lowest BCUT2D eigenvalue weighted by Crippen LogP contribution is -2.46. The van der Waals surface area contributed by atoms with Gasteiger partial charge in [0, 0.05) is 13.2 Å². The number of fused-ring (bicyclic) bond motifs is 1. The van der Waals surface area contributed by atoms with Crippen LogP contribution >= 0.6 is 0 Å². The molecule has 3 aliphatic rings. The van der Waals surface area contributed by atoms with Gasteiger partial charge < -0.3 is 15.4 Å². The summed E-state index contributed by atoms with van der Waals surface area (Å²) in [7, 11) is -3.62. The molecule has 1 heterocycles. The number of hydrogen-bond acceptors (Lipinski definition) is 6. The molecule has 2 fully saturated rings. The van der Waals surface area contributed by atoms with Gasteiger partial charge in [-0.05, 0) is 56.6 Å². The van der Waals surface area contributed by atoms with Crippen LogP contribution < -0.4 is 10.6 Å². The van der Waals surface area contributed by atoms with E-state index in [4.69, 9.17) is 4.74 Å². The maximum absolute atomic E-state index is 13.0. The van der Waals surface area contributed by atoms with E-state index in [1.807, 2.05) is 24.3 Å². The molecule has 34 heavy (non-hydrogen) atoms. The molecule has 2 aliphatic carbocycles. The Morgan fingerprint density at radius 2 is 1.59 bits per heavy atom. The van der Waals surface area contributed by atoms with E-state index in [1.165, 1.54) is 6.92 Å². The predicted octanol–water partition coefficient (Wildman–Crippen LogP) is 2.86. The monoisotopic (exact) mass is 487 g/mol. The molecule has 1 aromatic rings. The van der Waals surface area contributed by atoms with Gasteiger partial charge in [-0.15, -0.1) is 0 Å². The summed E-state index contributed by atoms with van der Waals surface area (Å²) in [5.74, 6) is -0.714. The van der Waals surface area contributed by atoms with Crippen LogP contribution in [0.2, 0.25) is 0 Å². The highest BCUT2D eigenvalue weighted by atomic mass is 32.2. The Morgan fingerprint density at radius 1 is 1.03 bits per heavy atom. The number of hydrogen-bond donors (Lipinski definition) is 2. The first-order chi connectivity index (χ1) is 16.3. The van der Waals surface area contributed by atoms with Crippen LogP contribution in [0.3, 0.4) is 0 Å². The van der Waals surface area contributed by atoms with E-state index in [9.17, 15) is 23.3 Å². The van der Waals surface area contributed by atoms with Crippen molar-refractivity contribution in [1.82, 2.24) is 10.6 Å². The number of rotatable bonds is 6. The Labute approximate surface area is 201 Å². The molecule has 4 rings (SSSR count). The Hall–Kier alpha value is -2.44. The fourth-order valence-electron chi connectivity index (χ4n) is 5.49. The Kier molecular flexibility index (Phi) is 7.29. The molecule has 1 saturated heterocycles. The molecule has 1 saturated carbocycles. The zero-order valence-corrected chi connectivity index (χ0v) is 20.4. The molecule has 1 aliphatic heterocycles. The van der Waals surface area contributed by atoms with E-state index in [-0.39, 0.29) is 18.0 Å². The summed E-state index contributed by atoms with van der Waals surface area (Å²) in [6.07, 6.45) is 4.92. The number of amides is 2. The van der Waals surface area contributed by atoms with E-state index in [0.29, 0.717) is 51.7 Å². The number of nitriles is 1. The predicted molar refractivity (Wildman–Crippen MR) is 126 cm³/mol. The molecule has 0 radical (unpaired) electrons. The van der Waals surface area contributed by atoms with Gasteiger partial charge in [-0.2, -0.15) is 5.26 Å². The number of nitrogens with zero attached hydrogens (tertiary/aromatic N) is 1. The highest BCUT2D eigenvalue weighted by molar-refractivity contribution is 7.93. The molecule has 2 N–H and O–H groups in total. The molecule has 184 valence electrons. The lowest BCUT2D eigenvalue weighted by Gasteiger charge is -2.34. The summed E-state index contributed by atoms with van der Waals surface area (Å²) >= 11 is 0. The second kappa shape index (κ2) is 10.0. The van der Waals surface area contributed by atoms with Crippen LogP contribution in [0.5, 0.6) is 0 Å². The SMILES string of the molecule is CC(C(=O)NC1CCC(NC(=O)C2(C#N)CCCC2)c2ccccc21)S(=O)(=O)C1CCOCC1. The van der Waals surface area contributed by atoms with Gasteiger partial charge in [0.25, 0.3) is 0 Å². The van der Waals surface area contributed by atoms with E-state index in [2.05, 4.69) is 16.7 Å². The van der Waals surface area contributed by atoms with E-state index >= 15 is 0 Å². The van der Waals surface area contributed by atoms with Crippen molar-refractivity contribution in [3.8, 4) is 6.07 Å². The van der Waals surface area contributed by atoms with Crippen molar-refractivity contribution in [2.24, 2.45) is 5.41 Å². The van der Waals surface area contributed by atoms with Gasteiger partial charge in [0.05, 0.1) is 23.4 Å². The summed E-state index contributed by atoms with van der Waals surface area (Å²) in [5.41, 5.74) is 0.826. The fraction of sp³-hybridized carbons (Fsp3) is 0.640. The summed E-state index contributed by atoms with van der Waals surface area (Å²) in [5, 5.41) is 14.0. The van der Waals surface area contributed by atoms with Gasteiger partial charge >= 0.3 is 0 Å². The molecule has 9 heteroatoms. The lowest BCUT2D eigenvalue weighted by molar-refractivity contribution is -0.129. The van der Waals surface area contributed by atoms with E-state index < -0.39 is 31.7 Å². The number of nitrogens with one attached hydrogen (secondary N) is 2. The summed E-state index contributed by atoms with van der Waals surface area (Å²) in [6.45, 7) is 2.25. The first-order valence-corrected chi connectivity index (χ1v) is 13.8. The quantitative estimate of drug-likeness (QED) is 0.636. The Bertz CT molecular complexity index is 1070. The highest BCUT2D eigenvalue weighted by Gasteiger charge is 2.43. The number of carbonyl (C=O) groups excluding carboxylic acids is 2. The minimum Gasteiger partial charge on any atom is -0.381 e. The molecule has 3 atom stereocenters. The van der Waals surface area contributed by atoms with Crippen LogP contribution in [0, 0.1) is 16.7 Å². The van der Waals surface area contributed by atoms with Gasteiger partial charge in [-0.25, -0.2) is 8.42 Å². The minimum absolute atomic E-state index is 0.217. The van der Waals surface area contributed by atoms with Gasteiger partial charge in [0.2, 0.25) is 11.8 Å². The third-order valence-corrected chi connectivity index (χ3v) is 10.3. The molecular weight excluding hydrogens is 454 g/mol. The van der Waals surface area contributed by atoms with Crippen LogP contribution in [0.25, 0.3) is 0 Å². The average molecular weight is 488 g/mol. The lowest BCUT2D eigenvalue weighted by atomic mass is 9.82. The van der Waals surface area contributed by atoms with Gasteiger partial charge in [0.15, 0.2) is 9.84 Å². The van der Waals surface area contributed by atoms with Crippen LogP contribution in [0.1, 0.15) is 81.5 Å². The van der Waals surface area contributed by atoms with Gasteiger partial charge in [-0.3, -0.25) is 9.59 Å². The summed E-state index contributed by atoms with van der Waals surface area (Å²) < 4.78 is 31.2. The van der Waals surface area contributed by atoms with Crippen molar-refractivity contribution in [2.45, 2.75) is 80.9 Å². The Balaban J connectivity index is 1.47. The van der Waals surface area contributed by atoms with Crippen LogP contribution in [-0.4, -0.2) is 43.9 Å². The fourth-order valence-corrected chi connectivity index (χ4v) is 7.28. The van der Waals surface area contributed by atoms with Gasteiger partial charge in [0.1, 0.15) is 10.7 Å². The zero-order chi connectivity index (χ0) is 24.3. The average Bonchev–Trinajstić information content (AvgIpc) is 3.36. The largest absolute Gasteiger partial charge is 0.381 e. The molecule has 0 bridgehead atoms. The number of sulfone groups is 1. The van der Waals surface area contributed by atoms with Crippen molar-refractivity contribution in [3.63, 3.8) is 0 Å². The van der Waals surface area contributed by atoms with Crippen LogP contribution in [0.15, 0.2) is 24.3 Å². The molecule has 2 amide bonds. The first-order valence-electron chi connectivity index (χ1n) is 12.2. The second-order valence-corrected chi connectivity index (χ2v) is 12.3. The van der Waals surface area contributed by atoms with Crippen molar-refractivity contribution in [3.05, 3.63) is 35.4 Å². The van der Waals surface area contributed by atoms with Crippen LogP contribution in [-0.2, 0) is 24.2 Å². The highest BCUT2D eigenvalue weighted by Crippen LogP contribution is 2.40. The van der Waals surface area contributed by atoms with E-state index in [0.717, 1.165) is 24.0 Å². The minimum atomic E-state index is -3.62. The topological polar surface area (TPSA) is 125 Å². The zero-order valence-electron chi connectivity index (χ0n) is 19.6. The summed E-state index contributed by atoms with van der Waals surface area (Å²) in [6, 6.07) is 9.26. The molecule has 3 unspecified atom stereocenters. The van der Waals surface area contributed by atoms with E-state index in [1.54, 1.807) is 0 Å². The molecule has 0 aromatic heterocycles. The molecular formula is C25H33N3O5S. The molecule has 8 nitrogen and oxygen atoms in total. The molecule has 0 spiro atoms. The normalized spacial score (nSPS) is 25.5. The first kappa shape index (κ1) is 24.7. The van der Waals surface area contributed by atoms with Crippen LogP contribution in [0.4, 0.5) is 0 Å².